The van der Waals surface area contributed by atoms with Gasteiger partial charge in [-0.25, -0.2) is 0 Å². The second-order valence-corrected chi connectivity index (χ2v) is 3.53. The summed E-state index contributed by atoms with van der Waals surface area (Å²) in [4.78, 5) is 0. The number of phenolic OH excluding ortho intramolecular Hbond substituents is 1. The molecule has 0 fully saturated rings. The highest BCUT2D eigenvalue weighted by molar-refractivity contribution is 5.39. The molecule has 3 heteroatoms. The van der Waals surface area contributed by atoms with E-state index < -0.39 is 0 Å². The van der Waals surface area contributed by atoms with E-state index in [1.165, 1.54) is 0 Å². The van der Waals surface area contributed by atoms with Gasteiger partial charge in [-0.05, 0) is 49.6 Å². The molecule has 0 bridgehead atoms. The Bertz CT molecular complexity index is 300. The molecule has 0 heterocycles. The van der Waals surface area contributed by atoms with E-state index in [0.717, 1.165) is 30.6 Å². The molecule has 0 aliphatic carbocycles. The molecule has 0 atom stereocenters. The number of benzene rings is 1. The standard InChI is InChI=1S/C12H19NO2/c1-2-8-15-11-5-6-12(14)10(9-11)4-3-7-13/h5-6,9,14H,2-4,7-8,13H2,1H3. The minimum atomic E-state index is 0.326. The van der Waals surface area contributed by atoms with Gasteiger partial charge >= 0.3 is 0 Å². The Kier molecular flexibility index (Phi) is 4.98. The highest BCUT2D eigenvalue weighted by atomic mass is 16.5. The molecule has 1 aromatic rings. The van der Waals surface area contributed by atoms with Crippen molar-refractivity contribution in [1.29, 1.82) is 0 Å². The Balaban J connectivity index is 2.66. The fourth-order valence-electron chi connectivity index (χ4n) is 1.36. The summed E-state index contributed by atoms with van der Waals surface area (Å²) in [5.74, 6) is 1.15. The van der Waals surface area contributed by atoms with Gasteiger partial charge in [-0.3, -0.25) is 0 Å². The van der Waals surface area contributed by atoms with Gasteiger partial charge in [0, 0.05) is 0 Å². The van der Waals surface area contributed by atoms with Crippen LogP contribution in [0.15, 0.2) is 18.2 Å². The molecular formula is C12H19NO2. The summed E-state index contributed by atoms with van der Waals surface area (Å²) < 4.78 is 5.49. The molecule has 1 aromatic carbocycles. The molecule has 15 heavy (non-hydrogen) atoms. The third-order valence-corrected chi connectivity index (χ3v) is 2.17. The molecule has 0 spiro atoms. The van der Waals surface area contributed by atoms with Gasteiger partial charge in [0.1, 0.15) is 11.5 Å². The van der Waals surface area contributed by atoms with Gasteiger partial charge in [-0.2, -0.15) is 0 Å². The third kappa shape index (κ3) is 3.80. The summed E-state index contributed by atoms with van der Waals surface area (Å²) in [6.07, 6.45) is 2.66. The molecule has 0 aliphatic rings. The van der Waals surface area contributed by atoms with Crippen LogP contribution in [-0.2, 0) is 6.42 Å². The van der Waals surface area contributed by atoms with Crippen molar-refractivity contribution in [3.63, 3.8) is 0 Å². The zero-order chi connectivity index (χ0) is 11.1. The lowest BCUT2D eigenvalue weighted by Crippen LogP contribution is -2.01. The molecule has 0 amide bonds. The zero-order valence-electron chi connectivity index (χ0n) is 9.20. The number of aromatic hydroxyl groups is 1. The maximum absolute atomic E-state index is 9.59. The fraction of sp³-hybridized carbons (Fsp3) is 0.500. The lowest BCUT2D eigenvalue weighted by Gasteiger charge is -2.08. The van der Waals surface area contributed by atoms with Crippen LogP contribution in [0.5, 0.6) is 11.5 Å². The first-order valence-electron chi connectivity index (χ1n) is 5.42. The molecule has 0 saturated carbocycles. The lowest BCUT2D eigenvalue weighted by atomic mass is 10.1. The van der Waals surface area contributed by atoms with Gasteiger partial charge in [0.25, 0.3) is 0 Å². The van der Waals surface area contributed by atoms with Crippen LogP contribution in [0.1, 0.15) is 25.3 Å². The van der Waals surface area contributed by atoms with Crippen LogP contribution in [0.4, 0.5) is 0 Å². The number of hydrogen-bond donors (Lipinski definition) is 2. The Morgan fingerprint density at radius 3 is 2.87 bits per heavy atom. The monoisotopic (exact) mass is 209 g/mol. The Hall–Kier alpha value is -1.22. The van der Waals surface area contributed by atoms with Crippen molar-refractivity contribution in [2.45, 2.75) is 26.2 Å². The molecular weight excluding hydrogens is 190 g/mol. The van der Waals surface area contributed by atoms with Gasteiger partial charge in [-0.1, -0.05) is 6.92 Å². The van der Waals surface area contributed by atoms with Crippen molar-refractivity contribution < 1.29 is 9.84 Å². The van der Waals surface area contributed by atoms with Crippen LogP contribution < -0.4 is 10.5 Å². The van der Waals surface area contributed by atoms with E-state index >= 15 is 0 Å². The van der Waals surface area contributed by atoms with Crippen molar-refractivity contribution in [2.24, 2.45) is 5.73 Å². The van der Waals surface area contributed by atoms with Crippen LogP contribution in [0.2, 0.25) is 0 Å². The van der Waals surface area contributed by atoms with Crippen molar-refractivity contribution in [2.75, 3.05) is 13.2 Å². The van der Waals surface area contributed by atoms with Crippen LogP contribution in [0.25, 0.3) is 0 Å². The maximum Gasteiger partial charge on any atom is 0.119 e. The summed E-state index contributed by atoms with van der Waals surface area (Å²) in [6.45, 7) is 3.41. The number of hydrogen-bond acceptors (Lipinski definition) is 3. The second kappa shape index (κ2) is 6.30. The van der Waals surface area contributed by atoms with Crippen molar-refractivity contribution in [3.8, 4) is 11.5 Å². The largest absolute Gasteiger partial charge is 0.508 e. The summed E-state index contributed by atoms with van der Waals surface area (Å²) in [5.41, 5.74) is 6.34. The average molecular weight is 209 g/mol. The minimum Gasteiger partial charge on any atom is -0.508 e. The van der Waals surface area contributed by atoms with Gasteiger partial charge in [-0.15, -0.1) is 0 Å². The van der Waals surface area contributed by atoms with E-state index in [9.17, 15) is 5.11 Å². The number of rotatable bonds is 6. The molecule has 0 unspecified atom stereocenters. The third-order valence-electron chi connectivity index (χ3n) is 2.17. The number of ether oxygens (including phenoxy) is 1. The molecule has 84 valence electrons. The minimum absolute atomic E-state index is 0.326. The second-order valence-electron chi connectivity index (χ2n) is 3.53. The van der Waals surface area contributed by atoms with Crippen molar-refractivity contribution >= 4 is 0 Å². The lowest BCUT2D eigenvalue weighted by molar-refractivity contribution is 0.316. The first-order valence-corrected chi connectivity index (χ1v) is 5.42. The van der Waals surface area contributed by atoms with Crippen molar-refractivity contribution in [1.82, 2.24) is 0 Å². The molecule has 0 saturated heterocycles. The number of nitrogens with two attached hydrogens (primary N) is 1. The molecule has 3 nitrogen and oxygen atoms in total. The average Bonchev–Trinajstić information content (AvgIpc) is 2.26. The topological polar surface area (TPSA) is 55.5 Å². The summed E-state index contributed by atoms with van der Waals surface area (Å²) >= 11 is 0. The molecule has 1 rings (SSSR count). The molecule has 0 aliphatic heterocycles. The summed E-state index contributed by atoms with van der Waals surface area (Å²) in [7, 11) is 0. The van der Waals surface area contributed by atoms with Crippen molar-refractivity contribution in [3.05, 3.63) is 23.8 Å². The Morgan fingerprint density at radius 1 is 1.40 bits per heavy atom. The molecule has 0 radical (unpaired) electrons. The van der Waals surface area contributed by atoms with Crippen LogP contribution >= 0.6 is 0 Å². The van der Waals surface area contributed by atoms with Gasteiger partial charge in [0.05, 0.1) is 6.61 Å². The van der Waals surface area contributed by atoms with Crippen LogP contribution in [0.3, 0.4) is 0 Å². The number of phenols is 1. The van der Waals surface area contributed by atoms with E-state index in [1.54, 1.807) is 12.1 Å². The summed E-state index contributed by atoms with van der Waals surface area (Å²) in [6, 6.07) is 5.36. The van der Waals surface area contributed by atoms with E-state index in [1.807, 2.05) is 6.07 Å². The SMILES string of the molecule is CCCOc1ccc(O)c(CCCN)c1. The normalized spacial score (nSPS) is 10.3. The van der Waals surface area contributed by atoms with Crippen LogP contribution in [0, 0.1) is 0 Å². The number of aryl methyl sites for hydroxylation is 1. The molecule has 3 N–H and O–H groups in total. The first-order chi connectivity index (χ1) is 7.27. The predicted octanol–water partition coefficient (Wildman–Crippen LogP) is 2.07. The maximum atomic E-state index is 9.59. The Morgan fingerprint density at radius 2 is 2.20 bits per heavy atom. The van der Waals surface area contributed by atoms with E-state index in [-0.39, 0.29) is 0 Å². The van der Waals surface area contributed by atoms with E-state index in [2.05, 4.69) is 6.92 Å². The predicted molar refractivity (Wildman–Crippen MR) is 61.3 cm³/mol. The van der Waals surface area contributed by atoms with Gasteiger partial charge < -0.3 is 15.6 Å². The van der Waals surface area contributed by atoms with E-state index in [4.69, 9.17) is 10.5 Å². The fourth-order valence-corrected chi connectivity index (χ4v) is 1.36. The highest BCUT2D eigenvalue weighted by Gasteiger charge is 2.02. The van der Waals surface area contributed by atoms with E-state index in [0.29, 0.717) is 18.9 Å². The Labute approximate surface area is 90.9 Å². The van der Waals surface area contributed by atoms with Gasteiger partial charge in [0.2, 0.25) is 0 Å². The highest BCUT2D eigenvalue weighted by Crippen LogP contribution is 2.24. The molecule has 0 aromatic heterocycles. The quantitative estimate of drug-likeness (QED) is 0.754. The first kappa shape index (κ1) is 11.9. The van der Waals surface area contributed by atoms with Crippen LogP contribution in [-0.4, -0.2) is 18.3 Å². The summed E-state index contributed by atoms with van der Waals surface area (Å²) in [5, 5.41) is 9.59. The smallest absolute Gasteiger partial charge is 0.119 e. The zero-order valence-corrected chi connectivity index (χ0v) is 9.20. The van der Waals surface area contributed by atoms with Gasteiger partial charge in [0.15, 0.2) is 0 Å².